The van der Waals surface area contributed by atoms with E-state index >= 15 is 0 Å². The molecular formula is C20H25N5O. The maximum atomic E-state index is 12.8. The molecule has 136 valence electrons. The van der Waals surface area contributed by atoms with Crippen molar-refractivity contribution in [2.45, 2.75) is 13.8 Å². The summed E-state index contributed by atoms with van der Waals surface area (Å²) < 4.78 is 0. The van der Waals surface area contributed by atoms with Crippen LogP contribution in [0.4, 0.5) is 11.5 Å². The van der Waals surface area contributed by atoms with Crippen LogP contribution in [0.15, 0.2) is 43.0 Å². The van der Waals surface area contributed by atoms with Gasteiger partial charge in [0.15, 0.2) is 0 Å². The van der Waals surface area contributed by atoms with Gasteiger partial charge in [-0.3, -0.25) is 4.79 Å². The number of carbonyl (C=O) groups excluding carboxylic acids is 1. The van der Waals surface area contributed by atoms with Gasteiger partial charge in [0.25, 0.3) is 5.91 Å². The van der Waals surface area contributed by atoms with Crippen LogP contribution in [-0.4, -0.2) is 53.5 Å². The second kappa shape index (κ2) is 7.99. The van der Waals surface area contributed by atoms with E-state index in [0.29, 0.717) is 37.0 Å². The Labute approximate surface area is 154 Å². The molecule has 1 fully saturated rings. The van der Waals surface area contributed by atoms with Crippen LogP contribution < -0.4 is 10.2 Å². The third-order valence-electron chi connectivity index (χ3n) is 4.42. The van der Waals surface area contributed by atoms with Gasteiger partial charge in [0.05, 0.1) is 0 Å². The summed E-state index contributed by atoms with van der Waals surface area (Å²) in [7, 11) is 0. The third-order valence-corrected chi connectivity index (χ3v) is 4.42. The highest BCUT2D eigenvalue weighted by atomic mass is 16.2. The minimum absolute atomic E-state index is 0.0407. The summed E-state index contributed by atoms with van der Waals surface area (Å²) in [5.41, 5.74) is 2.90. The molecule has 1 aromatic carbocycles. The fourth-order valence-electron chi connectivity index (χ4n) is 3.10. The quantitative estimate of drug-likeness (QED) is 0.839. The molecule has 6 nitrogen and oxygen atoms in total. The van der Waals surface area contributed by atoms with Crippen molar-refractivity contribution < 1.29 is 4.79 Å². The van der Waals surface area contributed by atoms with E-state index in [-0.39, 0.29) is 5.91 Å². The molecule has 0 bridgehead atoms. The van der Waals surface area contributed by atoms with Gasteiger partial charge in [0, 0.05) is 44.5 Å². The van der Waals surface area contributed by atoms with Crippen molar-refractivity contribution in [2.24, 2.45) is 0 Å². The molecule has 1 amide bonds. The molecule has 0 spiro atoms. The highest BCUT2D eigenvalue weighted by molar-refractivity contribution is 5.93. The van der Waals surface area contributed by atoms with E-state index < -0.39 is 0 Å². The van der Waals surface area contributed by atoms with E-state index in [1.807, 2.05) is 4.90 Å². The average molecular weight is 351 g/mol. The Morgan fingerprint density at radius 3 is 2.65 bits per heavy atom. The topological polar surface area (TPSA) is 61.4 Å². The summed E-state index contributed by atoms with van der Waals surface area (Å²) >= 11 is 0. The first-order valence-corrected chi connectivity index (χ1v) is 8.88. The summed E-state index contributed by atoms with van der Waals surface area (Å²) in [4.78, 5) is 25.7. The number of carbonyl (C=O) groups is 1. The lowest BCUT2D eigenvalue weighted by Gasteiger charge is -2.36. The molecule has 2 aromatic rings. The van der Waals surface area contributed by atoms with Crippen LogP contribution in [0.5, 0.6) is 0 Å². The van der Waals surface area contributed by atoms with Crippen LogP contribution in [0.1, 0.15) is 21.9 Å². The second-order valence-electron chi connectivity index (χ2n) is 6.47. The second-order valence-corrected chi connectivity index (χ2v) is 6.47. The fraction of sp³-hybridized carbons (Fsp3) is 0.350. The lowest BCUT2D eigenvalue weighted by molar-refractivity contribution is 0.0740. The lowest BCUT2D eigenvalue weighted by Crippen LogP contribution is -2.49. The number of amides is 1. The van der Waals surface area contributed by atoms with E-state index in [1.54, 1.807) is 19.1 Å². The van der Waals surface area contributed by atoms with Gasteiger partial charge in [0.1, 0.15) is 17.3 Å². The predicted molar refractivity (Wildman–Crippen MR) is 105 cm³/mol. The molecular weight excluding hydrogens is 326 g/mol. The Morgan fingerprint density at radius 2 is 1.96 bits per heavy atom. The maximum absolute atomic E-state index is 12.8. The van der Waals surface area contributed by atoms with Crippen molar-refractivity contribution in [3.8, 4) is 0 Å². The predicted octanol–water partition coefficient (Wildman–Crippen LogP) is 2.65. The molecule has 0 radical (unpaired) electrons. The summed E-state index contributed by atoms with van der Waals surface area (Å²) in [6, 6.07) is 10.2. The van der Waals surface area contributed by atoms with Crippen molar-refractivity contribution in [3.05, 3.63) is 60.1 Å². The monoisotopic (exact) mass is 351 g/mol. The molecule has 6 heteroatoms. The van der Waals surface area contributed by atoms with E-state index in [0.717, 1.165) is 13.1 Å². The summed E-state index contributed by atoms with van der Waals surface area (Å²) in [5, 5.41) is 3.12. The molecule has 1 aliphatic heterocycles. The molecule has 0 atom stereocenters. The van der Waals surface area contributed by atoms with E-state index in [9.17, 15) is 4.79 Å². The molecule has 26 heavy (non-hydrogen) atoms. The summed E-state index contributed by atoms with van der Waals surface area (Å²) in [5.74, 6) is 1.20. The van der Waals surface area contributed by atoms with Gasteiger partial charge in [0.2, 0.25) is 0 Å². The molecule has 0 aliphatic carbocycles. The SMILES string of the molecule is C=CCNc1cc(C(=O)N2CCN(c3cccc(C)c3)CC2)nc(C)n1. The van der Waals surface area contributed by atoms with Gasteiger partial charge in [-0.05, 0) is 31.5 Å². The van der Waals surface area contributed by atoms with E-state index in [2.05, 4.69) is 58.0 Å². The highest BCUT2D eigenvalue weighted by Crippen LogP contribution is 2.19. The zero-order valence-electron chi connectivity index (χ0n) is 15.4. The Morgan fingerprint density at radius 1 is 1.19 bits per heavy atom. The number of nitrogens with one attached hydrogen (secondary N) is 1. The van der Waals surface area contributed by atoms with Crippen molar-refractivity contribution >= 4 is 17.4 Å². The lowest BCUT2D eigenvalue weighted by atomic mass is 10.2. The fourth-order valence-corrected chi connectivity index (χ4v) is 3.10. The Balaban J connectivity index is 1.66. The number of aromatic nitrogens is 2. The summed E-state index contributed by atoms with van der Waals surface area (Å²) in [6.07, 6.45) is 1.75. The molecule has 1 N–H and O–H groups in total. The van der Waals surface area contributed by atoms with Crippen LogP contribution >= 0.6 is 0 Å². The van der Waals surface area contributed by atoms with Crippen LogP contribution in [0.25, 0.3) is 0 Å². The number of anilines is 2. The zero-order chi connectivity index (χ0) is 18.5. The number of nitrogens with zero attached hydrogens (tertiary/aromatic N) is 4. The van der Waals surface area contributed by atoms with Crippen molar-refractivity contribution in [3.63, 3.8) is 0 Å². The highest BCUT2D eigenvalue weighted by Gasteiger charge is 2.24. The first kappa shape index (κ1) is 17.9. The Kier molecular flexibility index (Phi) is 5.51. The standard InChI is InChI=1S/C20H25N5O/c1-4-8-21-19-14-18(22-16(3)23-19)20(26)25-11-9-24(10-12-25)17-7-5-6-15(2)13-17/h4-7,13-14H,1,8-12H2,2-3H3,(H,21,22,23). The largest absolute Gasteiger partial charge is 0.368 e. The van der Waals surface area contributed by atoms with Gasteiger partial charge < -0.3 is 15.1 Å². The normalized spacial score (nSPS) is 14.2. The third kappa shape index (κ3) is 4.20. The van der Waals surface area contributed by atoms with Gasteiger partial charge in [-0.2, -0.15) is 0 Å². The average Bonchev–Trinajstić information content (AvgIpc) is 2.65. The molecule has 1 saturated heterocycles. The first-order chi connectivity index (χ1) is 12.6. The minimum atomic E-state index is -0.0407. The van der Waals surface area contributed by atoms with Gasteiger partial charge in [-0.1, -0.05) is 18.2 Å². The Hall–Kier alpha value is -2.89. The number of hydrogen-bond donors (Lipinski definition) is 1. The molecule has 1 aliphatic rings. The van der Waals surface area contributed by atoms with Crippen LogP contribution in [-0.2, 0) is 0 Å². The van der Waals surface area contributed by atoms with Crippen molar-refractivity contribution in [1.29, 1.82) is 0 Å². The molecule has 0 saturated carbocycles. The van der Waals surface area contributed by atoms with Gasteiger partial charge in [-0.15, -0.1) is 6.58 Å². The van der Waals surface area contributed by atoms with Gasteiger partial charge >= 0.3 is 0 Å². The minimum Gasteiger partial charge on any atom is -0.368 e. The number of hydrogen-bond acceptors (Lipinski definition) is 5. The molecule has 2 heterocycles. The van der Waals surface area contributed by atoms with E-state index in [4.69, 9.17) is 0 Å². The number of aryl methyl sites for hydroxylation is 2. The number of rotatable bonds is 5. The smallest absolute Gasteiger partial charge is 0.272 e. The molecule has 0 unspecified atom stereocenters. The molecule has 3 rings (SSSR count). The number of benzene rings is 1. The zero-order valence-corrected chi connectivity index (χ0v) is 15.4. The molecule has 1 aromatic heterocycles. The number of piperazine rings is 1. The van der Waals surface area contributed by atoms with Crippen LogP contribution in [0.2, 0.25) is 0 Å². The van der Waals surface area contributed by atoms with Crippen molar-refractivity contribution in [2.75, 3.05) is 42.9 Å². The Bertz CT molecular complexity index is 797. The first-order valence-electron chi connectivity index (χ1n) is 8.88. The summed E-state index contributed by atoms with van der Waals surface area (Å²) in [6.45, 7) is 11.2. The van der Waals surface area contributed by atoms with Crippen LogP contribution in [0, 0.1) is 13.8 Å². The van der Waals surface area contributed by atoms with Crippen LogP contribution in [0.3, 0.4) is 0 Å². The van der Waals surface area contributed by atoms with Crippen molar-refractivity contribution in [1.82, 2.24) is 14.9 Å². The van der Waals surface area contributed by atoms with Gasteiger partial charge in [-0.25, -0.2) is 9.97 Å². The maximum Gasteiger partial charge on any atom is 0.272 e. The van der Waals surface area contributed by atoms with E-state index in [1.165, 1.54) is 11.3 Å².